The largest absolute Gasteiger partial charge is 0.243 e. The molecule has 0 bridgehead atoms. The average molecular weight is 278 g/mol. The smallest absolute Gasteiger partial charge is 0.207 e. The summed E-state index contributed by atoms with van der Waals surface area (Å²) in [6, 6.07) is 6.42. The lowest BCUT2D eigenvalue weighted by molar-refractivity contribution is 0.443. The van der Waals surface area contributed by atoms with Crippen LogP contribution < -0.4 is 0 Å². The highest BCUT2D eigenvalue weighted by molar-refractivity contribution is 7.99. The van der Waals surface area contributed by atoms with Crippen LogP contribution in [0.3, 0.4) is 0 Å². The van der Waals surface area contributed by atoms with Gasteiger partial charge in [-0.3, -0.25) is 0 Å². The molecule has 1 aliphatic heterocycles. The Bertz CT molecular complexity index is 469. The Hall–Kier alpha value is -0.230. The topological polar surface area (TPSA) is 37.4 Å². The van der Waals surface area contributed by atoms with Gasteiger partial charge in [0.05, 0.1) is 4.90 Å². The van der Waals surface area contributed by atoms with Crippen molar-refractivity contribution in [2.75, 3.05) is 24.6 Å². The van der Waals surface area contributed by atoms with Crippen molar-refractivity contribution < 1.29 is 8.42 Å². The summed E-state index contributed by atoms with van der Waals surface area (Å²) in [5, 5.41) is 0.451. The highest BCUT2D eigenvalue weighted by atomic mass is 35.5. The van der Waals surface area contributed by atoms with Crippen LogP contribution in [-0.2, 0) is 10.0 Å². The molecule has 1 aromatic carbocycles. The van der Waals surface area contributed by atoms with Gasteiger partial charge in [0.15, 0.2) is 0 Å². The minimum Gasteiger partial charge on any atom is -0.207 e. The van der Waals surface area contributed by atoms with Gasteiger partial charge < -0.3 is 0 Å². The number of thioether (sulfide) groups is 1. The lowest BCUT2D eigenvalue weighted by atomic mass is 10.4. The summed E-state index contributed by atoms with van der Waals surface area (Å²) in [4.78, 5) is 0.284. The van der Waals surface area contributed by atoms with Crippen LogP contribution in [-0.4, -0.2) is 37.3 Å². The van der Waals surface area contributed by atoms with Gasteiger partial charge in [-0.15, -0.1) is 0 Å². The predicted octanol–water partition coefficient (Wildman–Crippen LogP) is 2.08. The molecule has 0 atom stereocenters. The molecule has 0 saturated carbocycles. The van der Waals surface area contributed by atoms with Crippen LogP contribution in [0.25, 0.3) is 0 Å². The molecule has 0 amide bonds. The fourth-order valence-corrected chi connectivity index (χ4v) is 4.44. The normalized spacial score (nSPS) is 18.6. The first-order chi connectivity index (χ1) is 7.60. The van der Waals surface area contributed by atoms with Crippen molar-refractivity contribution in [1.82, 2.24) is 4.31 Å². The molecular weight excluding hydrogens is 266 g/mol. The van der Waals surface area contributed by atoms with E-state index in [0.29, 0.717) is 18.1 Å². The molecule has 3 nitrogen and oxygen atoms in total. The van der Waals surface area contributed by atoms with Crippen LogP contribution in [0.15, 0.2) is 29.2 Å². The van der Waals surface area contributed by atoms with Gasteiger partial charge in [0, 0.05) is 29.6 Å². The van der Waals surface area contributed by atoms with E-state index in [9.17, 15) is 8.42 Å². The van der Waals surface area contributed by atoms with Gasteiger partial charge in [-0.1, -0.05) is 17.7 Å². The maximum atomic E-state index is 12.2. The van der Waals surface area contributed by atoms with E-state index >= 15 is 0 Å². The van der Waals surface area contributed by atoms with Crippen LogP contribution in [0.1, 0.15) is 0 Å². The summed E-state index contributed by atoms with van der Waals surface area (Å²) in [5.74, 6) is 1.72. The first kappa shape index (κ1) is 12.2. The number of rotatable bonds is 2. The van der Waals surface area contributed by atoms with E-state index in [0.717, 1.165) is 11.5 Å². The molecule has 0 radical (unpaired) electrons. The van der Waals surface area contributed by atoms with Crippen molar-refractivity contribution in [1.29, 1.82) is 0 Å². The quantitative estimate of drug-likeness (QED) is 0.831. The first-order valence-electron chi connectivity index (χ1n) is 4.94. The molecule has 2 rings (SSSR count). The zero-order valence-electron chi connectivity index (χ0n) is 8.60. The van der Waals surface area contributed by atoms with E-state index in [1.54, 1.807) is 30.0 Å². The van der Waals surface area contributed by atoms with Gasteiger partial charge in [-0.2, -0.15) is 16.1 Å². The van der Waals surface area contributed by atoms with Gasteiger partial charge in [0.2, 0.25) is 10.0 Å². The van der Waals surface area contributed by atoms with Crippen LogP contribution in [0.4, 0.5) is 0 Å². The molecule has 1 aromatic rings. The summed E-state index contributed by atoms with van der Waals surface area (Å²) in [7, 11) is -3.35. The third kappa shape index (κ3) is 2.53. The fourth-order valence-electron chi connectivity index (χ4n) is 1.56. The summed E-state index contributed by atoms with van der Waals surface area (Å²) in [6.45, 7) is 1.17. The standard InChI is InChI=1S/C10H12ClNO2S2/c11-9-2-1-3-10(8-9)16(13,14)12-4-6-15-7-5-12/h1-3,8H,4-7H2. The molecular formula is C10H12ClNO2S2. The van der Waals surface area contributed by atoms with Gasteiger partial charge in [0.1, 0.15) is 0 Å². The van der Waals surface area contributed by atoms with Crippen molar-refractivity contribution >= 4 is 33.4 Å². The van der Waals surface area contributed by atoms with Gasteiger partial charge in [-0.05, 0) is 18.2 Å². The van der Waals surface area contributed by atoms with Gasteiger partial charge in [0.25, 0.3) is 0 Å². The van der Waals surface area contributed by atoms with E-state index in [1.165, 1.54) is 10.4 Å². The van der Waals surface area contributed by atoms with Crippen molar-refractivity contribution in [3.8, 4) is 0 Å². The Morgan fingerprint density at radius 2 is 1.94 bits per heavy atom. The third-order valence-electron chi connectivity index (χ3n) is 2.40. The minimum absolute atomic E-state index is 0.284. The van der Waals surface area contributed by atoms with E-state index in [2.05, 4.69) is 0 Å². The van der Waals surface area contributed by atoms with Crippen molar-refractivity contribution in [3.63, 3.8) is 0 Å². The van der Waals surface area contributed by atoms with Gasteiger partial charge in [-0.25, -0.2) is 8.42 Å². The lowest BCUT2D eigenvalue weighted by Gasteiger charge is -2.25. The number of nitrogens with zero attached hydrogens (tertiary/aromatic N) is 1. The average Bonchev–Trinajstić information content (AvgIpc) is 2.30. The molecule has 0 spiro atoms. The number of hydrogen-bond donors (Lipinski definition) is 0. The monoisotopic (exact) mass is 277 g/mol. The Morgan fingerprint density at radius 3 is 2.56 bits per heavy atom. The van der Waals surface area contributed by atoms with Crippen molar-refractivity contribution in [3.05, 3.63) is 29.3 Å². The zero-order valence-corrected chi connectivity index (χ0v) is 11.0. The molecule has 1 saturated heterocycles. The Kier molecular flexibility index (Phi) is 3.79. The Morgan fingerprint density at radius 1 is 1.25 bits per heavy atom. The molecule has 88 valence electrons. The molecule has 0 aromatic heterocycles. The maximum absolute atomic E-state index is 12.2. The van der Waals surface area contributed by atoms with E-state index in [1.807, 2.05) is 0 Å². The maximum Gasteiger partial charge on any atom is 0.243 e. The molecule has 16 heavy (non-hydrogen) atoms. The minimum atomic E-state index is -3.35. The number of benzene rings is 1. The highest BCUT2D eigenvalue weighted by Gasteiger charge is 2.25. The molecule has 1 aliphatic rings. The van der Waals surface area contributed by atoms with Crippen LogP contribution in [0.5, 0.6) is 0 Å². The van der Waals surface area contributed by atoms with Crippen LogP contribution >= 0.6 is 23.4 Å². The third-order valence-corrected chi connectivity index (χ3v) is 5.48. The second-order valence-corrected chi connectivity index (χ2v) is 7.07. The van der Waals surface area contributed by atoms with E-state index in [-0.39, 0.29) is 4.90 Å². The molecule has 6 heteroatoms. The molecule has 0 unspecified atom stereocenters. The predicted molar refractivity (Wildman–Crippen MR) is 67.5 cm³/mol. The Labute approximate surface area is 105 Å². The fraction of sp³-hybridized carbons (Fsp3) is 0.400. The SMILES string of the molecule is O=S(=O)(c1cccc(Cl)c1)N1CCSCC1. The van der Waals surface area contributed by atoms with Gasteiger partial charge >= 0.3 is 0 Å². The summed E-state index contributed by atoms with van der Waals surface area (Å²) in [6.07, 6.45) is 0. The molecule has 1 fully saturated rings. The van der Waals surface area contributed by atoms with Crippen LogP contribution in [0.2, 0.25) is 5.02 Å². The molecule has 0 N–H and O–H groups in total. The zero-order chi connectivity index (χ0) is 11.6. The highest BCUT2D eigenvalue weighted by Crippen LogP contribution is 2.22. The number of halogens is 1. The Balaban J connectivity index is 2.30. The van der Waals surface area contributed by atoms with Crippen molar-refractivity contribution in [2.24, 2.45) is 0 Å². The van der Waals surface area contributed by atoms with Crippen LogP contribution in [0, 0.1) is 0 Å². The summed E-state index contributed by atoms with van der Waals surface area (Å²) >= 11 is 7.58. The molecule has 1 heterocycles. The first-order valence-corrected chi connectivity index (χ1v) is 7.91. The number of sulfonamides is 1. The van der Waals surface area contributed by atoms with E-state index < -0.39 is 10.0 Å². The van der Waals surface area contributed by atoms with E-state index in [4.69, 9.17) is 11.6 Å². The second-order valence-electron chi connectivity index (χ2n) is 3.47. The summed E-state index contributed by atoms with van der Waals surface area (Å²) < 4.78 is 25.9. The lowest BCUT2D eigenvalue weighted by Crippen LogP contribution is -2.37. The number of hydrogen-bond acceptors (Lipinski definition) is 3. The summed E-state index contributed by atoms with van der Waals surface area (Å²) in [5.41, 5.74) is 0. The second kappa shape index (κ2) is 4.96. The van der Waals surface area contributed by atoms with Crippen molar-refractivity contribution in [2.45, 2.75) is 4.90 Å². The molecule has 0 aliphatic carbocycles.